The van der Waals surface area contributed by atoms with Gasteiger partial charge in [0.25, 0.3) is 0 Å². The van der Waals surface area contributed by atoms with Crippen LogP contribution in [0, 0.1) is 5.82 Å². The number of halogens is 1. The molecule has 0 aliphatic carbocycles. The van der Waals surface area contributed by atoms with Crippen molar-refractivity contribution >= 4 is 34.1 Å². The van der Waals surface area contributed by atoms with Gasteiger partial charge in [0.15, 0.2) is 11.0 Å². The highest BCUT2D eigenvalue weighted by Crippen LogP contribution is 2.26. The van der Waals surface area contributed by atoms with Crippen molar-refractivity contribution in [3.63, 3.8) is 0 Å². The summed E-state index contributed by atoms with van der Waals surface area (Å²) in [5, 5.41) is 13.7. The molecule has 1 aromatic heterocycles. The fourth-order valence-electron chi connectivity index (χ4n) is 3.19. The number of allylic oxidation sites excluding steroid dienone is 1. The van der Waals surface area contributed by atoms with Gasteiger partial charge in [0.2, 0.25) is 5.91 Å². The van der Waals surface area contributed by atoms with Crippen LogP contribution in [0.4, 0.5) is 10.1 Å². The van der Waals surface area contributed by atoms with Crippen LogP contribution in [0.25, 0.3) is 10.8 Å². The third-order valence-electron chi connectivity index (χ3n) is 4.69. The molecule has 3 aromatic carbocycles. The normalized spacial score (nSPS) is 10.8. The zero-order valence-electron chi connectivity index (χ0n) is 17.2. The highest BCUT2D eigenvalue weighted by atomic mass is 32.2. The number of para-hydroxylation sites is 1. The van der Waals surface area contributed by atoms with Crippen molar-refractivity contribution in [2.75, 3.05) is 11.1 Å². The van der Waals surface area contributed by atoms with Crippen LogP contribution in [-0.2, 0) is 17.9 Å². The summed E-state index contributed by atoms with van der Waals surface area (Å²) in [5.74, 6) is 0.633. The smallest absolute Gasteiger partial charge is 0.234 e. The number of ether oxygens (including phenoxy) is 1. The summed E-state index contributed by atoms with van der Waals surface area (Å²) in [4.78, 5) is 12.2. The van der Waals surface area contributed by atoms with Gasteiger partial charge in [0.05, 0.1) is 11.4 Å². The molecule has 162 valence electrons. The molecule has 0 aliphatic heterocycles. The second-order valence-electron chi connectivity index (χ2n) is 6.88. The molecule has 4 rings (SSSR count). The highest BCUT2D eigenvalue weighted by Gasteiger charge is 2.15. The fraction of sp³-hybridized carbons (Fsp3) is 0.125. The fourth-order valence-corrected chi connectivity index (χ4v) is 3.95. The topological polar surface area (TPSA) is 69.0 Å². The Hall–Kier alpha value is -3.65. The van der Waals surface area contributed by atoms with E-state index in [0.29, 0.717) is 17.5 Å². The number of fused-ring (bicyclic) bond motifs is 1. The number of benzene rings is 3. The van der Waals surface area contributed by atoms with Crippen molar-refractivity contribution in [2.24, 2.45) is 0 Å². The zero-order chi connectivity index (χ0) is 22.3. The van der Waals surface area contributed by atoms with Gasteiger partial charge in [-0.2, -0.15) is 0 Å². The number of rotatable bonds is 9. The molecular weight excluding hydrogens is 427 g/mol. The number of nitrogens with zero attached hydrogens (tertiary/aromatic N) is 3. The van der Waals surface area contributed by atoms with E-state index in [9.17, 15) is 9.18 Å². The van der Waals surface area contributed by atoms with Crippen LogP contribution in [0.1, 0.15) is 5.82 Å². The Morgan fingerprint density at radius 3 is 2.72 bits per heavy atom. The predicted octanol–water partition coefficient (Wildman–Crippen LogP) is 5.07. The van der Waals surface area contributed by atoms with E-state index in [2.05, 4.69) is 22.1 Å². The Morgan fingerprint density at radius 1 is 1.09 bits per heavy atom. The Kier molecular flexibility index (Phi) is 6.81. The van der Waals surface area contributed by atoms with Gasteiger partial charge < -0.3 is 10.1 Å². The average Bonchev–Trinajstić information content (AvgIpc) is 3.19. The number of aromatic nitrogens is 3. The second-order valence-corrected chi connectivity index (χ2v) is 7.82. The van der Waals surface area contributed by atoms with Gasteiger partial charge in [0.1, 0.15) is 18.2 Å². The highest BCUT2D eigenvalue weighted by molar-refractivity contribution is 7.99. The Morgan fingerprint density at radius 2 is 1.88 bits per heavy atom. The molecule has 6 nitrogen and oxygen atoms in total. The van der Waals surface area contributed by atoms with Crippen LogP contribution in [-0.4, -0.2) is 26.4 Å². The molecule has 8 heteroatoms. The molecule has 4 aromatic rings. The van der Waals surface area contributed by atoms with Crippen LogP contribution in [0.2, 0.25) is 0 Å². The van der Waals surface area contributed by atoms with Gasteiger partial charge in [-0.3, -0.25) is 9.36 Å². The Labute approximate surface area is 189 Å². The number of hydrogen-bond acceptors (Lipinski definition) is 5. The molecule has 1 heterocycles. The standard InChI is InChI=1S/C24H21FN4O2S/c1-2-14-29-22(15-31-21-13-7-9-17-8-3-4-10-18(17)21)27-28-24(29)32-16-23(30)26-20-12-6-5-11-19(20)25/h2-13H,1,14-16H2,(H,26,30). The minimum Gasteiger partial charge on any atom is -0.485 e. The molecule has 1 amide bonds. The van der Waals surface area contributed by atoms with Crippen molar-refractivity contribution in [1.29, 1.82) is 0 Å². The van der Waals surface area contributed by atoms with Crippen molar-refractivity contribution in [3.05, 3.63) is 91.0 Å². The van der Waals surface area contributed by atoms with Gasteiger partial charge in [0, 0.05) is 11.9 Å². The van der Waals surface area contributed by atoms with E-state index in [-0.39, 0.29) is 24.0 Å². The first-order chi connectivity index (χ1) is 15.7. The van der Waals surface area contributed by atoms with Crippen LogP contribution >= 0.6 is 11.8 Å². The summed E-state index contributed by atoms with van der Waals surface area (Å²) >= 11 is 1.22. The number of hydrogen-bond donors (Lipinski definition) is 1. The SMILES string of the molecule is C=CCn1c(COc2cccc3ccccc23)nnc1SCC(=O)Nc1ccccc1F. The monoisotopic (exact) mass is 448 g/mol. The molecule has 32 heavy (non-hydrogen) atoms. The molecule has 0 unspecified atom stereocenters. The third kappa shape index (κ3) is 4.97. The summed E-state index contributed by atoms with van der Waals surface area (Å²) in [5.41, 5.74) is 0.148. The number of anilines is 1. The maximum atomic E-state index is 13.7. The number of amides is 1. The van der Waals surface area contributed by atoms with Gasteiger partial charge in [-0.1, -0.05) is 66.4 Å². The van der Waals surface area contributed by atoms with Crippen LogP contribution in [0.3, 0.4) is 0 Å². The first-order valence-corrected chi connectivity index (χ1v) is 10.9. The minimum atomic E-state index is -0.478. The van der Waals surface area contributed by atoms with E-state index in [4.69, 9.17) is 4.74 Å². The molecule has 1 N–H and O–H groups in total. The van der Waals surface area contributed by atoms with Crippen molar-refractivity contribution in [3.8, 4) is 5.75 Å². The molecule has 0 aliphatic rings. The minimum absolute atomic E-state index is 0.0633. The number of nitrogens with one attached hydrogen (secondary N) is 1. The molecule has 0 bridgehead atoms. The summed E-state index contributed by atoms with van der Waals surface area (Å²) in [6, 6.07) is 19.9. The quantitative estimate of drug-likeness (QED) is 0.286. The van der Waals surface area contributed by atoms with E-state index in [1.165, 1.54) is 23.9 Å². The van der Waals surface area contributed by atoms with E-state index < -0.39 is 5.82 Å². The first-order valence-electron chi connectivity index (χ1n) is 9.96. The van der Waals surface area contributed by atoms with E-state index in [1.807, 2.05) is 47.0 Å². The van der Waals surface area contributed by atoms with Gasteiger partial charge in [-0.15, -0.1) is 16.8 Å². The summed E-state index contributed by atoms with van der Waals surface area (Å²) < 4.78 is 21.6. The van der Waals surface area contributed by atoms with Crippen LogP contribution in [0.15, 0.2) is 84.5 Å². The van der Waals surface area contributed by atoms with E-state index in [1.54, 1.807) is 18.2 Å². The summed E-state index contributed by atoms with van der Waals surface area (Å²) in [6.45, 7) is 4.48. The lowest BCUT2D eigenvalue weighted by Gasteiger charge is -2.11. The van der Waals surface area contributed by atoms with Crippen LogP contribution < -0.4 is 10.1 Å². The molecule has 0 fully saturated rings. The van der Waals surface area contributed by atoms with Crippen LogP contribution in [0.5, 0.6) is 5.75 Å². The maximum absolute atomic E-state index is 13.7. The van der Waals surface area contributed by atoms with Crippen molar-refractivity contribution in [1.82, 2.24) is 14.8 Å². The molecular formula is C24H21FN4O2S. The van der Waals surface area contributed by atoms with Crippen molar-refractivity contribution in [2.45, 2.75) is 18.3 Å². The predicted molar refractivity (Wildman–Crippen MR) is 124 cm³/mol. The molecule has 0 saturated heterocycles. The summed E-state index contributed by atoms with van der Waals surface area (Å²) in [7, 11) is 0. The maximum Gasteiger partial charge on any atom is 0.234 e. The number of carbonyl (C=O) groups is 1. The molecule has 0 spiro atoms. The van der Waals surface area contributed by atoms with E-state index in [0.717, 1.165) is 16.5 Å². The number of carbonyl (C=O) groups excluding carboxylic acids is 1. The third-order valence-corrected chi connectivity index (χ3v) is 5.66. The Bertz CT molecular complexity index is 1250. The lowest BCUT2D eigenvalue weighted by molar-refractivity contribution is -0.113. The number of thioether (sulfide) groups is 1. The zero-order valence-corrected chi connectivity index (χ0v) is 18.0. The van der Waals surface area contributed by atoms with Gasteiger partial charge in [-0.05, 0) is 23.6 Å². The molecule has 0 saturated carbocycles. The second kappa shape index (κ2) is 10.1. The Balaban J connectivity index is 1.43. The average molecular weight is 449 g/mol. The van der Waals surface area contributed by atoms with Crippen molar-refractivity contribution < 1.29 is 13.9 Å². The lowest BCUT2D eigenvalue weighted by atomic mass is 10.1. The van der Waals surface area contributed by atoms with Gasteiger partial charge in [-0.25, -0.2) is 4.39 Å². The first kappa shape index (κ1) is 21.6. The van der Waals surface area contributed by atoms with E-state index >= 15 is 0 Å². The van der Waals surface area contributed by atoms with Gasteiger partial charge >= 0.3 is 0 Å². The largest absolute Gasteiger partial charge is 0.485 e. The summed E-state index contributed by atoms with van der Waals surface area (Å²) in [6.07, 6.45) is 1.73. The molecule has 0 atom stereocenters. The lowest BCUT2D eigenvalue weighted by Crippen LogP contribution is -2.15. The molecule has 0 radical (unpaired) electrons.